The number of aromatic nitrogens is 5. The Bertz CT molecular complexity index is 1330. The maximum absolute atomic E-state index is 14.6. The van der Waals surface area contributed by atoms with E-state index in [1.54, 1.807) is 18.5 Å². The summed E-state index contributed by atoms with van der Waals surface area (Å²) in [5.41, 5.74) is 3.09. The molecule has 3 aromatic heterocycles. The summed E-state index contributed by atoms with van der Waals surface area (Å²) in [7, 11) is 1.52. The average Bonchev–Trinajstić information content (AvgIpc) is 2.87. The molecule has 0 fully saturated rings. The molecule has 0 radical (unpaired) electrons. The van der Waals surface area contributed by atoms with E-state index in [1.165, 1.54) is 31.7 Å². The second kappa shape index (κ2) is 11.2. The number of carbonyl (C=O) groups excluding carboxylic acids is 1. The van der Waals surface area contributed by atoms with Crippen LogP contribution < -0.4 is 10.6 Å². The molecule has 10 heteroatoms. The molecule has 8 nitrogen and oxygen atoms in total. The molecule has 0 unspecified atom stereocenters. The molecule has 1 aromatic carbocycles. The molecule has 0 bridgehead atoms. The Balaban J connectivity index is 0.00000342. The maximum Gasteiger partial charge on any atom is 0.251 e. The molecular weight excluding hydrogens is 465 g/mol. The first-order chi connectivity index (χ1) is 16.4. The van der Waals surface area contributed by atoms with E-state index < -0.39 is 5.82 Å². The van der Waals surface area contributed by atoms with Crippen LogP contribution in [0.15, 0.2) is 49.2 Å². The Hall–Kier alpha value is -3.66. The van der Waals surface area contributed by atoms with Gasteiger partial charge in [0, 0.05) is 61.0 Å². The number of hydrogen-bond donors (Lipinski definition) is 2. The van der Waals surface area contributed by atoms with E-state index >= 15 is 0 Å². The van der Waals surface area contributed by atoms with Gasteiger partial charge >= 0.3 is 0 Å². The van der Waals surface area contributed by atoms with Gasteiger partial charge < -0.3 is 10.6 Å². The molecule has 0 saturated carbocycles. The highest BCUT2D eigenvalue weighted by Gasteiger charge is 2.18. The van der Waals surface area contributed by atoms with E-state index in [9.17, 15) is 9.18 Å². The number of benzene rings is 1. The molecule has 4 rings (SSSR count). The van der Waals surface area contributed by atoms with Crippen molar-refractivity contribution in [1.82, 2.24) is 30.2 Å². The minimum Gasteiger partial charge on any atom is -0.369 e. The van der Waals surface area contributed by atoms with Crippen molar-refractivity contribution in [3.63, 3.8) is 0 Å². The Kier molecular flexibility index (Phi) is 8.29. The van der Waals surface area contributed by atoms with E-state index in [2.05, 4.69) is 35.6 Å². The number of anilines is 1. The van der Waals surface area contributed by atoms with E-state index in [1.807, 2.05) is 26.8 Å². The fourth-order valence-electron chi connectivity index (χ4n) is 3.72. The summed E-state index contributed by atoms with van der Waals surface area (Å²) >= 11 is 0. The van der Waals surface area contributed by atoms with Gasteiger partial charge in [0.2, 0.25) is 0 Å². The molecule has 0 aliphatic rings. The van der Waals surface area contributed by atoms with Crippen molar-refractivity contribution in [2.75, 3.05) is 18.9 Å². The van der Waals surface area contributed by atoms with Gasteiger partial charge in [-0.3, -0.25) is 9.78 Å². The number of fused-ring (bicyclic) bond motifs is 1. The summed E-state index contributed by atoms with van der Waals surface area (Å²) < 4.78 is 14.6. The molecule has 1 amide bonds. The van der Waals surface area contributed by atoms with E-state index in [0.717, 1.165) is 17.0 Å². The van der Waals surface area contributed by atoms with Gasteiger partial charge in [0.25, 0.3) is 5.91 Å². The standard InChI is InChI=1S/C25H26FN7O.H2S/c1-14(2)24-30-11-16(12-31-24)20-9-21(33-13-32-20)29-10-15(3)17-5-6-19(26)22-18(25(34)27-4)7-8-28-23(17)22;/h5-9,11-15H,10H2,1-4H3,(H,27,34)(H,29,32,33);1H2/t15-;/m1./s1. The summed E-state index contributed by atoms with van der Waals surface area (Å²) in [5.74, 6) is 0.815. The molecule has 4 aromatic rings. The number of carbonyl (C=O) groups is 1. The molecule has 0 aliphatic heterocycles. The number of pyridine rings is 1. The number of nitrogens with zero attached hydrogens (tertiary/aromatic N) is 5. The van der Waals surface area contributed by atoms with Gasteiger partial charge in [0.15, 0.2) is 0 Å². The second-order valence-electron chi connectivity index (χ2n) is 8.35. The molecule has 1 atom stereocenters. The first kappa shape index (κ1) is 26.0. The minimum atomic E-state index is -0.475. The third kappa shape index (κ3) is 5.54. The van der Waals surface area contributed by atoms with E-state index in [4.69, 9.17) is 0 Å². The molecule has 0 spiro atoms. The zero-order valence-electron chi connectivity index (χ0n) is 20.0. The van der Waals surface area contributed by atoms with Crippen LogP contribution in [0.5, 0.6) is 0 Å². The van der Waals surface area contributed by atoms with Gasteiger partial charge in [-0.2, -0.15) is 13.5 Å². The van der Waals surface area contributed by atoms with Crippen LogP contribution in [0.25, 0.3) is 22.2 Å². The van der Waals surface area contributed by atoms with Crippen molar-refractivity contribution >= 4 is 36.1 Å². The van der Waals surface area contributed by atoms with Gasteiger partial charge in [-0.05, 0) is 17.7 Å². The predicted octanol–water partition coefficient (Wildman–Crippen LogP) is 4.43. The highest BCUT2D eigenvalue weighted by molar-refractivity contribution is 7.59. The quantitative estimate of drug-likeness (QED) is 0.392. The number of rotatable bonds is 7. The molecule has 0 saturated heterocycles. The zero-order chi connectivity index (χ0) is 24.2. The number of amides is 1. The number of nitrogens with one attached hydrogen (secondary N) is 2. The van der Waals surface area contributed by atoms with Crippen molar-refractivity contribution in [1.29, 1.82) is 0 Å². The van der Waals surface area contributed by atoms with Crippen LogP contribution in [-0.2, 0) is 0 Å². The molecule has 35 heavy (non-hydrogen) atoms. The fourth-order valence-corrected chi connectivity index (χ4v) is 3.72. The van der Waals surface area contributed by atoms with Crippen molar-refractivity contribution in [2.24, 2.45) is 0 Å². The minimum absolute atomic E-state index is 0. The van der Waals surface area contributed by atoms with Gasteiger partial charge in [0.1, 0.15) is 23.8 Å². The predicted molar refractivity (Wildman–Crippen MR) is 140 cm³/mol. The van der Waals surface area contributed by atoms with Crippen LogP contribution >= 0.6 is 13.5 Å². The maximum atomic E-state index is 14.6. The number of hydrogen-bond acceptors (Lipinski definition) is 7. The molecule has 2 N–H and O–H groups in total. The first-order valence-electron chi connectivity index (χ1n) is 11.1. The van der Waals surface area contributed by atoms with Gasteiger partial charge in [-0.25, -0.2) is 24.3 Å². The summed E-state index contributed by atoms with van der Waals surface area (Å²) in [4.78, 5) is 34.1. The SMILES string of the molecule is CNC(=O)c1ccnc2c([C@H](C)CNc3cc(-c4cnc(C(C)C)nc4)ncn3)ccc(F)c12.S. The smallest absolute Gasteiger partial charge is 0.251 e. The monoisotopic (exact) mass is 493 g/mol. The van der Waals surface area contributed by atoms with Gasteiger partial charge in [-0.1, -0.05) is 26.8 Å². The zero-order valence-corrected chi connectivity index (χ0v) is 21.0. The molecule has 0 aliphatic carbocycles. The van der Waals surface area contributed by atoms with Gasteiger partial charge in [0.05, 0.1) is 16.8 Å². The van der Waals surface area contributed by atoms with Crippen LogP contribution in [0, 0.1) is 5.82 Å². The highest BCUT2D eigenvalue weighted by Crippen LogP contribution is 2.29. The Morgan fingerprint density at radius 1 is 1.03 bits per heavy atom. The summed E-state index contributed by atoms with van der Waals surface area (Å²) in [5, 5.41) is 6.09. The molecular formula is C25H28FN7OS. The fraction of sp³-hybridized carbons (Fsp3) is 0.280. The Morgan fingerprint density at radius 2 is 1.77 bits per heavy atom. The molecule has 3 heterocycles. The normalized spacial score (nSPS) is 11.7. The third-order valence-corrected chi connectivity index (χ3v) is 5.62. The molecule has 182 valence electrons. The van der Waals surface area contributed by atoms with Crippen LogP contribution in [0.3, 0.4) is 0 Å². The average molecular weight is 494 g/mol. The van der Waals surface area contributed by atoms with Crippen LogP contribution in [0.1, 0.15) is 54.4 Å². The lowest BCUT2D eigenvalue weighted by Crippen LogP contribution is -2.19. The Morgan fingerprint density at radius 3 is 2.46 bits per heavy atom. The van der Waals surface area contributed by atoms with Crippen LogP contribution in [0.4, 0.5) is 10.2 Å². The third-order valence-electron chi connectivity index (χ3n) is 5.62. The van der Waals surface area contributed by atoms with E-state index in [-0.39, 0.29) is 42.2 Å². The first-order valence-corrected chi connectivity index (χ1v) is 11.1. The van der Waals surface area contributed by atoms with Crippen molar-refractivity contribution in [3.8, 4) is 11.3 Å². The summed E-state index contributed by atoms with van der Waals surface area (Å²) in [6.07, 6.45) is 6.54. The summed E-state index contributed by atoms with van der Waals surface area (Å²) in [6, 6.07) is 6.46. The van der Waals surface area contributed by atoms with Crippen molar-refractivity contribution in [2.45, 2.75) is 32.6 Å². The summed E-state index contributed by atoms with van der Waals surface area (Å²) in [6.45, 7) is 6.62. The lowest BCUT2D eigenvalue weighted by molar-refractivity contribution is 0.0964. The largest absolute Gasteiger partial charge is 0.369 e. The topological polar surface area (TPSA) is 106 Å². The van der Waals surface area contributed by atoms with Crippen molar-refractivity contribution < 1.29 is 9.18 Å². The van der Waals surface area contributed by atoms with Crippen molar-refractivity contribution in [3.05, 3.63) is 72.0 Å². The lowest BCUT2D eigenvalue weighted by atomic mass is 9.95. The second-order valence-corrected chi connectivity index (χ2v) is 8.35. The number of halogens is 1. The van der Waals surface area contributed by atoms with Crippen LogP contribution in [-0.4, -0.2) is 44.4 Å². The lowest BCUT2D eigenvalue weighted by Gasteiger charge is -2.17. The van der Waals surface area contributed by atoms with Gasteiger partial charge in [-0.15, -0.1) is 0 Å². The van der Waals surface area contributed by atoms with Crippen LogP contribution in [0.2, 0.25) is 0 Å². The highest BCUT2D eigenvalue weighted by atomic mass is 32.1. The van der Waals surface area contributed by atoms with E-state index in [0.29, 0.717) is 23.6 Å². The Labute approximate surface area is 210 Å².